The number of carbonyl (C=O) groups is 1. The van der Waals surface area contributed by atoms with Gasteiger partial charge in [-0.25, -0.2) is 4.98 Å². The summed E-state index contributed by atoms with van der Waals surface area (Å²) >= 11 is 1.44. The molecule has 3 aromatic heterocycles. The van der Waals surface area contributed by atoms with Crippen LogP contribution in [0.3, 0.4) is 0 Å². The Hall–Kier alpha value is -4.17. The number of para-hydroxylation sites is 1. The second-order valence-corrected chi connectivity index (χ2v) is 7.80. The fourth-order valence-corrected chi connectivity index (χ4v) is 3.99. The molecule has 7 nitrogen and oxygen atoms in total. The summed E-state index contributed by atoms with van der Waals surface area (Å²) in [6, 6.07) is 21.0. The minimum Gasteiger partial charge on any atom is -0.339 e. The van der Waals surface area contributed by atoms with Crippen molar-refractivity contribution in [2.24, 2.45) is 0 Å². The number of hydrogen-bond donors (Lipinski definition) is 1. The summed E-state index contributed by atoms with van der Waals surface area (Å²) in [4.78, 5) is 25.8. The Labute approximate surface area is 187 Å². The Balaban J connectivity index is 1.33. The van der Waals surface area contributed by atoms with Gasteiger partial charge in [0.1, 0.15) is 10.7 Å². The number of pyridine rings is 1. The molecule has 0 saturated carbocycles. The Morgan fingerprint density at radius 3 is 2.53 bits per heavy atom. The van der Waals surface area contributed by atoms with Crippen molar-refractivity contribution in [2.45, 2.75) is 6.42 Å². The average molecular weight is 440 g/mol. The van der Waals surface area contributed by atoms with Gasteiger partial charge in [-0.15, -0.1) is 11.3 Å². The van der Waals surface area contributed by atoms with Crippen LogP contribution in [-0.4, -0.2) is 26.0 Å². The monoisotopic (exact) mass is 439 g/mol. The van der Waals surface area contributed by atoms with Crippen molar-refractivity contribution in [1.29, 1.82) is 0 Å². The van der Waals surface area contributed by atoms with Gasteiger partial charge in [-0.05, 0) is 23.8 Å². The highest BCUT2D eigenvalue weighted by Gasteiger charge is 2.16. The molecule has 156 valence electrons. The van der Waals surface area contributed by atoms with E-state index in [1.807, 2.05) is 66.7 Å². The third-order valence-corrected chi connectivity index (χ3v) is 5.66. The van der Waals surface area contributed by atoms with Crippen molar-refractivity contribution < 1.29 is 9.32 Å². The number of anilines is 1. The lowest BCUT2D eigenvalue weighted by Gasteiger charge is -2.08. The summed E-state index contributed by atoms with van der Waals surface area (Å²) in [5.74, 6) is 0.692. The van der Waals surface area contributed by atoms with Crippen LogP contribution in [0.2, 0.25) is 0 Å². The summed E-state index contributed by atoms with van der Waals surface area (Å²) in [6.45, 7) is 0. The summed E-state index contributed by atoms with van der Waals surface area (Å²) in [7, 11) is 0. The summed E-state index contributed by atoms with van der Waals surface area (Å²) in [5, 5.41) is 9.57. The van der Waals surface area contributed by atoms with Crippen LogP contribution >= 0.6 is 11.3 Å². The number of aromatic nitrogens is 4. The summed E-state index contributed by atoms with van der Waals surface area (Å²) in [5.41, 5.74) is 3.73. The molecule has 8 heteroatoms. The first-order chi connectivity index (χ1) is 15.8. The van der Waals surface area contributed by atoms with Crippen LogP contribution in [0.15, 0.2) is 89.0 Å². The Morgan fingerprint density at radius 1 is 0.906 bits per heavy atom. The number of nitrogens with zero attached hydrogens (tertiary/aromatic N) is 4. The van der Waals surface area contributed by atoms with Crippen molar-refractivity contribution in [3.8, 4) is 22.0 Å². The molecule has 0 radical (unpaired) electrons. The van der Waals surface area contributed by atoms with Crippen molar-refractivity contribution in [2.75, 3.05) is 5.32 Å². The van der Waals surface area contributed by atoms with Gasteiger partial charge >= 0.3 is 0 Å². The van der Waals surface area contributed by atoms with E-state index in [4.69, 9.17) is 4.52 Å². The maximum absolute atomic E-state index is 12.8. The first kappa shape index (κ1) is 19.8. The molecule has 3 heterocycles. The van der Waals surface area contributed by atoms with E-state index >= 15 is 0 Å². The van der Waals surface area contributed by atoms with Gasteiger partial charge in [0.05, 0.1) is 6.42 Å². The summed E-state index contributed by atoms with van der Waals surface area (Å²) in [6.07, 6.45) is 3.75. The number of amides is 1. The number of rotatable bonds is 6. The van der Waals surface area contributed by atoms with Gasteiger partial charge in [0.2, 0.25) is 11.7 Å². The highest BCUT2D eigenvalue weighted by molar-refractivity contribution is 7.13. The lowest BCUT2D eigenvalue weighted by molar-refractivity contribution is 0.102. The molecule has 0 bridgehead atoms. The van der Waals surface area contributed by atoms with Crippen LogP contribution in [0, 0.1) is 0 Å². The number of hydrogen-bond acceptors (Lipinski definition) is 7. The van der Waals surface area contributed by atoms with Crippen LogP contribution < -0.4 is 5.32 Å². The largest absolute Gasteiger partial charge is 0.339 e. The first-order valence-corrected chi connectivity index (χ1v) is 10.8. The molecular formula is C24H17N5O2S. The lowest BCUT2D eigenvalue weighted by Crippen LogP contribution is -2.13. The van der Waals surface area contributed by atoms with E-state index in [0.717, 1.165) is 21.7 Å². The minimum absolute atomic E-state index is 0.265. The maximum atomic E-state index is 12.8. The van der Waals surface area contributed by atoms with Crippen LogP contribution in [0.1, 0.15) is 21.9 Å². The van der Waals surface area contributed by atoms with Gasteiger partial charge in [0.15, 0.2) is 0 Å². The molecule has 0 saturated heterocycles. The van der Waals surface area contributed by atoms with E-state index in [-0.39, 0.29) is 5.91 Å². The number of nitrogens with one attached hydrogen (secondary N) is 1. The molecule has 0 spiro atoms. The van der Waals surface area contributed by atoms with Crippen LogP contribution in [-0.2, 0) is 6.42 Å². The predicted molar refractivity (Wildman–Crippen MR) is 122 cm³/mol. The van der Waals surface area contributed by atoms with Gasteiger partial charge in [-0.1, -0.05) is 53.7 Å². The minimum atomic E-state index is -0.265. The summed E-state index contributed by atoms with van der Waals surface area (Å²) < 4.78 is 5.42. The van der Waals surface area contributed by atoms with E-state index in [0.29, 0.717) is 29.5 Å². The van der Waals surface area contributed by atoms with E-state index in [1.54, 1.807) is 17.8 Å². The zero-order valence-corrected chi connectivity index (χ0v) is 17.6. The highest BCUT2D eigenvalue weighted by Crippen LogP contribution is 2.25. The third-order valence-electron chi connectivity index (χ3n) is 4.77. The molecule has 0 unspecified atom stereocenters. The second-order valence-electron chi connectivity index (χ2n) is 6.94. The Kier molecular flexibility index (Phi) is 5.50. The fraction of sp³-hybridized carbons (Fsp3) is 0.0417. The Morgan fingerprint density at radius 2 is 1.69 bits per heavy atom. The fourth-order valence-electron chi connectivity index (χ4n) is 3.18. The van der Waals surface area contributed by atoms with Gasteiger partial charge in [0.25, 0.3) is 5.91 Å². The lowest BCUT2D eigenvalue weighted by atomic mass is 10.1. The van der Waals surface area contributed by atoms with Gasteiger partial charge in [-0.2, -0.15) is 4.98 Å². The Bertz CT molecular complexity index is 1350. The standard InChI is InChI=1S/C24H17N5O2S/c30-23(20-15-32-24(27-20)17-6-2-1-3-7-17)26-19-9-5-4-8-18(19)14-21-28-22(29-31-21)16-10-12-25-13-11-16/h1-13,15H,14H2,(H,26,30). The zero-order chi connectivity index (χ0) is 21.8. The van der Waals surface area contributed by atoms with Crippen molar-refractivity contribution >= 4 is 22.9 Å². The van der Waals surface area contributed by atoms with Crippen LogP contribution in [0.25, 0.3) is 22.0 Å². The molecular weight excluding hydrogens is 422 g/mol. The molecule has 0 aliphatic carbocycles. The maximum Gasteiger partial charge on any atom is 0.275 e. The SMILES string of the molecule is O=C(Nc1ccccc1Cc1nc(-c2ccncc2)no1)c1csc(-c2ccccc2)n1. The molecule has 0 atom stereocenters. The number of thiazole rings is 1. The van der Waals surface area contributed by atoms with Gasteiger partial charge in [0, 0.05) is 34.6 Å². The van der Waals surface area contributed by atoms with Crippen molar-refractivity contribution in [1.82, 2.24) is 20.1 Å². The second kappa shape index (κ2) is 8.91. The molecule has 32 heavy (non-hydrogen) atoms. The van der Waals surface area contributed by atoms with Crippen molar-refractivity contribution in [3.05, 3.63) is 102 Å². The molecule has 5 aromatic rings. The quantitative estimate of drug-likeness (QED) is 0.396. The number of benzene rings is 2. The molecule has 0 aliphatic rings. The van der Waals surface area contributed by atoms with E-state index in [2.05, 4.69) is 25.4 Å². The van der Waals surface area contributed by atoms with Crippen LogP contribution in [0.4, 0.5) is 5.69 Å². The predicted octanol–water partition coefficient (Wildman–Crippen LogP) is 5.10. The first-order valence-electron chi connectivity index (χ1n) is 9.89. The molecule has 0 aliphatic heterocycles. The van der Waals surface area contributed by atoms with Crippen LogP contribution in [0.5, 0.6) is 0 Å². The molecule has 5 rings (SSSR count). The van der Waals surface area contributed by atoms with E-state index in [9.17, 15) is 4.79 Å². The molecule has 0 fully saturated rings. The molecule has 1 N–H and O–H groups in total. The third kappa shape index (κ3) is 4.30. The average Bonchev–Trinajstić information content (AvgIpc) is 3.52. The smallest absolute Gasteiger partial charge is 0.275 e. The van der Waals surface area contributed by atoms with E-state index in [1.165, 1.54) is 11.3 Å². The van der Waals surface area contributed by atoms with E-state index < -0.39 is 0 Å². The highest BCUT2D eigenvalue weighted by atomic mass is 32.1. The molecule has 1 amide bonds. The van der Waals surface area contributed by atoms with Gasteiger partial charge in [-0.3, -0.25) is 9.78 Å². The zero-order valence-electron chi connectivity index (χ0n) is 16.8. The number of carbonyl (C=O) groups excluding carboxylic acids is 1. The normalized spacial score (nSPS) is 10.8. The van der Waals surface area contributed by atoms with Crippen molar-refractivity contribution in [3.63, 3.8) is 0 Å². The topological polar surface area (TPSA) is 93.8 Å². The van der Waals surface area contributed by atoms with Gasteiger partial charge < -0.3 is 9.84 Å². The molecule has 2 aromatic carbocycles.